The minimum absolute atomic E-state index is 0.780. The predicted octanol–water partition coefficient (Wildman–Crippen LogP) is 3.50. The van der Waals surface area contributed by atoms with Crippen molar-refractivity contribution >= 4 is 5.96 Å². The average Bonchev–Trinajstić information content (AvgIpc) is 2.94. The van der Waals surface area contributed by atoms with Crippen LogP contribution in [0.4, 0.5) is 0 Å². The second kappa shape index (κ2) is 9.76. The number of aryl methyl sites for hydroxylation is 2. The normalized spacial score (nSPS) is 15.9. The molecule has 0 unspecified atom stereocenters. The number of hydrogen-bond donors (Lipinski definition) is 1. The molecule has 28 heavy (non-hydrogen) atoms. The summed E-state index contributed by atoms with van der Waals surface area (Å²) in [6, 6.07) is 10.9. The molecule has 0 atom stereocenters. The van der Waals surface area contributed by atoms with Gasteiger partial charge in [-0.3, -0.25) is 9.67 Å². The molecule has 1 saturated heterocycles. The summed E-state index contributed by atoms with van der Waals surface area (Å²) in [6.45, 7) is 10.3. The van der Waals surface area contributed by atoms with Crippen LogP contribution in [0.15, 0.2) is 35.3 Å². The van der Waals surface area contributed by atoms with Crippen molar-refractivity contribution in [3.63, 3.8) is 0 Å². The summed E-state index contributed by atoms with van der Waals surface area (Å²) in [4.78, 5) is 7.37. The second-order valence-electron chi connectivity index (χ2n) is 7.88. The van der Waals surface area contributed by atoms with Crippen molar-refractivity contribution in [3.8, 4) is 0 Å². The minimum atomic E-state index is 0.780. The van der Waals surface area contributed by atoms with Crippen molar-refractivity contribution in [1.29, 1.82) is 0 Å². The molecule has 152 valence electrons. The Kier molecular flexibility index (Phi) is 7.12. The van der Waals surface area contributed by atoms with Crippen molar-refractivity contribution in [1.82, 2.24) is 20.0 Å². The number of nitrogens with zero attached hydrogens (tertiary/aromatic N) is 4. The van der Waals surface area contributed by atoms with Crippen LogP contribution in [0.5, 0.6) is 0 Å². The lowest BCUT2D eigenvalue weighted by molar-refractivity contribution is 0.259. The maximum Gasteiger partial charge on any atom is 0.193 e. The Bertz CT molecular complexity index is 770. The SMILES string of the molecule is CCNC(=NCCc1c(C)nn(C)c1C)N1CCC(Cc2ccccc2)CC1. The van der Waals surface area contributed by atoms with Crippen LogP contribution in [0.1, 0.15) is 42.3 Å². The van der Waals surface area contributed by atoms with Crippen molar-refractivity contribution in [2.75, 3.05) is 26.2 Å². The van der Waals surface area contributed by atoms with E-state index < -0.39 is 0 Å². The highest BCUT2D eigenvalue weighted by molar-refractivity contribution is 5.80. The quantitative estimate of drug-likeness (QED) is 0.615. The average molecular weight is 382 g/mol. The highest BCUT2D eigenvalue weighted by Gasteiger charge is 2.21. The summed E-state index contributed by atoms with van der Waals surface area (Å²) in [5, 5.41) is 8.01. The van der Waals surface area contributed by atoms with E-state index in [0.29, 0.717) is 0 Å². The minimum Gasteiger partial charge on any atom is -0.357 e. The van der Waals surface area contributed by atoms with Gasteiger partial charge in [-0.25, -0.2) is 0 Å². The summed E-state index contributed by atoms with van der Waals surface area (Å²) in [5.41, 5.74) is 5.17. The molecule has 2 aromatic rings. The first-order valence-electron chi connectivity index (χ1n) is 10.6. The summed E-state index contributed by atoms with van der Waals surface area (Å²) in [6.07, 6.45) is 4.62. The van der Waals surface area contributed by atoms with Crippen LogP contribution in [0.3, 0.4) is 0 Å². The lowest BCUT2D eigenvalue weighted by Crippen LogP contribution is -2.46. The van der Waals surface area contributed by atoms with Crippen molar-refractivity contribution < 1.29 is 0 Å². The van der Waals surface area contributed by atoms with Crippen LogP contribution < -0.4 is 5.32 Å². The van der Waals surface area contributed by atoms with Gasteiger partial charge < -0.3 is 10.2 Å². The van der Waals surface area contributed by atoms with E-state index in [2.05, 4.69) is 66.4 Å². The third kappa shape index (κ3) is 5.15. The molecule has 1 aliphatic rings. The Balaban J connectivity index is 1.54. The number of likely N-dealkylation sites (tertiary alicyclic amines) is 1. The van der Waals surface area contributed by atoms with Crippen LogP contribution in [-0.4, -0.2) is 46.8 Å². The monoisotopic (exact) mass is 381 g/mol. The van der Waals surface area contributed by atoms with Gasteiger partial charge in [-0.05, 0) is 63.5 Å². The molecule has 1 aliphatic heterocycles. The lowest BCUT2D eigenvalue weighted by atomic mass is 9.90. The molecule has 2 heterocycles. The smallest absolute Gasteiger partial charge is 0.193 e. The van der Waals surface area contributed by atoms with E-state index in [0.717, 1.165) is 50.2 Å². The van der Waals surface area contributed by atoms with E-state index in [1.807, 2.05) is 11.7 Å². The Morgan fingerprint density at radius 2 is 1.89 bits per heavy atom. The van der Waals surface area contributed by atoms with E-state index in [9.17, 15) is 0 Å². The Hall–Kier alpha value is -2.30. The Morgan fingerprint density at radius 3 is 2.50 bits per heavy atom. The zero-order valence-electron chi connectivity index (χ0n) is 17.9. The van der Waals surface area contributed by atoms with E-state index in [-0.39, 0.29) is 0 Å². The molecule has 0 radical (unpaired) electrons. The lowest BCUT2D eigenvalue weighted by Gasteiger charge is -2.34. The Morgan fingerprint density at radius 1 is 1.18 bits per heavy atom. The number of piperidine rings is 1. The third-order valence-electron chi connectivity index (χ3n) is 5.90. The first-order chi connectivity index (χ1) is 13.6. The molecule has 5 heteroatoms. The summed E-state index contributed by atoms with van der Waals surface area (Å²) < 4.78 is 1.97. The van der Waals surface area contributed by atoms with Gasteiger partial charge in [-0.2, -0.15) is 5.10 Å². The number of benzene rings is 1. The Labute approximate surface area is 169 Å². The summed E-state index contributed by atoms with van der Waals surface area (Å²) >= 11 is 0. The maximum absolute atomic E-state index is 4.93. The fourth-order valence-corrected chi connectivity index (χ4v) is 4.18. The predicted molar refractivity (Wildman–Crippen MR) is 117 cm³/mol. The second-order valence-corrected chi connectivity index (χ2v) is 7.88. The van der Waals surface area contributed by atoms with Gasteiger partial charge in [0.15, 0.2) is 5.96 Å². The molecule has 1 aromatic carbocycles. The van der Waals surface area contributed by atoms with Gasteiger partial charge >= 0.3 is 0 Å². The van der Waals surface area contributed by atoms with Crippen LogP contribution in [-0.2, 0) is 19.9 Å². The summed E-state index contributed by atoms with van der Waals surface area (Å²) in [7, 11) is 2.01. The molecule has 1 fully saturated rings. The highest BCUT2D eigenvalue weighted by Crippen LogP contribution is 2.22. The van der Waals surface area contributed by atoms with Crippen molar-refractivity contribution in [2.45, 2.75) is 46.5 Å². The van der Waals surface area contributed by atoms with Gasteiger partial charge in [-0.15, -0.1) is 0 Å². The zero-order valence-corrected chi connectivity index (χ0v) is 17.9. The van der Waals surface area contributed by atoms with E-state index >= 15 is 0 Å². The first-order valence-corrected chi connectivity index (χ1v) is 10.6. The van der Waals surface area contributed by atoms with Gasteiger partial charge in [0.05, 0.1) is 5.69 Å². The fraction of sp³-hybridized carbons (Fsp3) is 0.565. The third-order valence-corrected chi connectivity index (χ3v) is 5.90. The topological polar surface area (TPSA) is 45.5 Å². The molecule has 3 rings (SSSR count). The molecule has 0 bridgehead atoms. The van der Waals surface area contributed by atoms with Gasteiger partial charge in [-0.1, -0.05) is 30.3 Å². The number of aliphatic imine (C=N–C) groups is 1. The first kappa shape index (κ1) is 20.4. The standard InChI is InChI=1S/C23H35N5/c1-5-24-23(25-14-11-22-18(2)26-27(4)19(22)3)28-15-12-21(13-16-28)17-20-9-7-6-8-10-20/h6-10,21H,5,11-17H2,1-4H3,(H,24,25). The van der Waals surface area contributed by atoms with Crippen LogP contribution in [0.25, 0.3) is 0 Å². The maximum atomic E-state index is 4.93. The largest absolute Gasteiger partial charge is 0.357 e. The van der Waals surface area contributed by atoms with Crippen molar-refractivity contribution in [2.24, 2.45) is 18.0 Å². The summed E-state index contributed by atoms with van der Waals surface area (Å²) in [5.74, 6) is 1.85. The molecule has 0 amide bonds. The number of aromatic nitrogens is 2. The molecule has 5 nitrogen and oxygen atoms in total. The number of rotatable bonds is 6. The molecule has 0 spiro atoms. The van der Waals surface area contributed by atoms with Gasteiger partial charge in [0.2, 0.25) is 0 Å². The zero-order chi connectivity index (χ0) is 19.9. The van der Waals surface area contributed by atoms with Crippen molar-refractivity contribution in [3.05, 3.63) is 52.8 Å². The van der Waals surface area contributed by atoms with Crippen LogP contribution in [0, 0.1) is 19.8 Å². The fourth-order valence-electron chi connectivity index (χ4n) is 4.18. The van der Waals surface area contributed by atoms with E-state index in [4.69, 9.17) is 4.99 Å². The molecule has 1 N–H and O–H groups in total. The molecule has 1 aromatic heterocycles. The highest BCUT2D eigenvalue weighted by atomic mass is 15.3. The van der Waals surface area contributed by atoms with Gasteiger partial charge in [0.1, 0.15) is 0 Å². The van der Waals surface area contributed by atoms with Crippen LogP contribution in [0.2, 0.25) is 0 Å². The van der Waals surface area contributed by atoms with E-state index in [1.54, 1.807) is 0 Å². The molecule has 0 aliphatic carbocycles. The number of nitrogens with one attached hydrogen (secondary N) is 1. The molecular weight excluding hydrogens is 346 g/mol. The van der Waals surface area contributed by atoms with Gasteiger partial charge in [0.25, 0.3) is 0 Å². The van der Waals surface area contributed by atoms with Gasteiger partial charge in [0, 0.05) is 38.9 Å². The number of guanidine groups is 1. The van der Waals surface area contributed by atoms with Crippen LogP contribution >= 0.6 is 0 Å². The molecule has 0 saturated carbocycles. The van der Waals surface area contributed by atoms with E-state index in [1.165, 1.54) is 36.1 Å². The number of hydrogen-bond acceptors (Lipinski definition) is 2. The molecular formula is C23H35N5.